The van der Waals surface area contributed by atoms with Gasteiger partial charge in [0.25, 0.3) is 5.91 Å². The molecule has 0 aliphatic carbocycles. The minimum Gasteiger partial charge on any atom is -0.481 e. The molecule has 0 aromatic heterocycles. The van der Waals surface area contributed by atoms with Crippen LogP contribution in [0.25, 0.3) is 10.8 Å². The Kier molecular flexibility index (Phi) is 6.31. The molecule has 1 N–H and O–H groups in total. The minimum atomic E-state index is -0.492. The van der Waals surface area contributed by atoms with Gasteiger partial charge in [0.15, 0.2) is 6.10 Å². The first kappa shape index (κ1) is 18.8. The fraction of sp³-hybridized carbons (Fsp3) is 0.261. The van der Waals surface area contributed by atoms with Gasteiger partial charge in [0.05, 0.1) is 0 Å². The number of para-hydroxylation sites is 1. The van der Waals surface area contributed by atoms with Crippen LogP contribution in [0, 0.1) is 0 Å². The zero-order valence-electron chi connectivity index (χ0n) is 15.9. The van der Waals surface area contributed by atoms with E-state index in [1.807, 2.05) is 68.6 Å². The summed E-state index contributed by atoms with van der Waals surface area (Å²) in [5.41, 5.74) is 1.13. The van der Waals surface area contributed by atoms with Crippen LogP contribution in [0.1, 0.15) is 13.3 Å². The number of hydrogen-bond acceptors (Lipinski definition) is 3. The Morgan fingerprint density at radius 2 is 1.70 bits per heavy atom. The van der Waals surface area contributed by atoms with Crippen molar-refractivity contribution in [2.45, 2.75) is 19.4 Å². The lowest BCUT2D eigenvalue weighted by Crippen LogP contribution is -2.41. The van der Waals surface area contributed by atoms with Crippen molar-refractivity contribution in [2.24, 2.45) is 0 Å². The van der Waals surface area contributed by atoms with Crippen LogP contribution in [0.2, 0.25) is 0 Å². The molecule has 1 amide bonds. The Balaban J connectivity index is 1.54. The van der Waals surface area contributed by atoms with Crippen molar-refractivity contribution in [1.82, 2.24) is 5.32 Å². The van der Waals surface area contributed by atoms with E-state index in [0.29, 0.717) is 13.0 Å². The van der Waals surface area contributed by atoms with Gasteiger partial charge in [-0.15, -0.1) is 0 Å². The number of nitrogens with zero attached hydrogens (tertiary/aromatic N) is 1. The third-order valence-corrected chi connectivity index (χ3v) is 4.61. The Hall–Kier alpha value is -3.01. The first-order chi connectivity index (χ1) is 13.2. The number of hydrogen-bond donors (Lipinski definition) is 1. The van der Waals surface area contributed by atoms with Crippen LogP contribution in [0.3, 0.4) is 0 Å². The van der Waals surface area contributed by atoms with Crippen LogP contribution in [0.5, 0.6) is 5.75 Å². The zero-order chi connectivity index (χ0) is 19.1. The number of rotatable bonds is 8. The van der Waals surface area contributed by atoms with Crippen molar-refractivity contribution in [2.75, 3.05) is 25.0 Å². The van der Waals surface area contributed by atoms with Crippen molar-refractivity contribution in [1.29, 1.82) is 0 Å². The van der Waals surface area contributed by atoms with Gasteiger partial charge in [0.2, 0.25) is 0 Å². The minimum absolute atomic E-state index is 0.0767. The van der Waals surface area contributed by atoms with Crippen molar-refractivity contribution < 1.29 is 9.53 Å². The van der Waals surface area contributed by atoms with E-state index < -0.39 is 6.10 Å². The second-order valence-electron chi connectivity index (χ2n) is 6.57. The van der Waals surface area contributed by atoms with Gasteiger partial charge in [-0.3, -0.25) is 4.79 Å². The van der Waals surface area contributed by atoms with Crippen LogP contribution in [0.4, 0.5) is 5.69 Å². The number of fused-ring (bicyclic) bond motifs is 1. The smallest absolute Gasteiger partial charge is 0.261 e. The van der Waals surface area contributed by atoms with E-state index >= 15 is 0 Å². The van der Waals surface area contributed by atoms with Crippen LogP contribution in [-0.2, 0) is 4.79 Å². The van der Waals surface area contributed by atoms with Crippen molar-refractivity contribution in [3.8, 4) is 5.75 Å². The highest BCUT2D eigenvalue weighted by atomic mass is 16.5. The van der Waals surface area contributed by atoms with Crippen LogP contribution in [0.15, 0.2) is 72.8 Å². The normalized spacial score (nSPS) is 11.8. The van der Waals surface area contributed by atoms with Crippen LogP contribution in [-0.4, -0.2) is 32.1 Å². The first-order valence-electron chi connectivity index (χ1n) is 9.36. The third kappa shape index (κ3) is 5.00. The van der Waals surface area contributed by atoms with E-state index in [1.54, 1.807) is 0 Å². The number of nitrogens with one attached hydrogen (secondary N) is 1. The van der Waals surface area contributed by atoms with E-state index in [4.69, 9.17) is 4.74 Å². The molecule has 1 atom stereocenters. The van der Waals surface area contributed by atoms with Gasteiger partial charge >= 0.3 is 0 Å². The molecule has 0 spiro atoms. The van der Waals surface area contributed by atoms with E-state index in [-0.39, 0.29) is 5.91 Å². The second-order valence-corrected chi connectivity index (χ2v) is 6.57. The summed E-state index contributed by atoms with van der Waals surface area (Å²) in [4.78, 5) is 14.6. The number of amides is 1. The summed E-state index contributed by atoms with van der Waals surface area (Å²) in [7, 11) is 2.02. The predicted molar refractivity (Wildman–Crippen MR) is 111 cm³/mol. The lowest BCUT2D eigenvalue weighted by Gasteiger charge is -2.21. The Bertz CT molecular complexity index is 880. The van der Waals surface area contributed by atoms with Crippen LogP contribution >= 0.6 is 0 Å². The summed E-state index contributed by atoms with van der Waals surface area (Å²) < 4.78 is 5.95. The van der Waals surface area contributed by atoms with Gasteiger partial charge in [0, 0.05) is 25.8 Å². The second kappa shape index (κ2) is 9.08. The fourth-order valence-electron chi connectivity index (χ4n) is 3.00. The fourth-order valence-corrected chi connectivity index (χ4v) is 3.00. The zero-order valence-corrected chi connectivity index (χ0v) is 15.9. The molecule has 0 bridgehead atoms. The molecular weight excluding hydrogens is 336 g/mol. The quantitative estimate of drug-likeness (QED) is 0.651. The molecule has 0 aliphatic rings. The lowest BCUT2D eigenvalue weighted by atomic mass is 10.1. The Morgan fingerprint density at radius 1 is 1.00 bits per heavy atom. The summed E-state index contributed by atoms with van der Waals surface area (Å²) in [5.74, 6) is 0.643. The number of likely N-dealkylation sites (N-methyl/N-ethyl adjacent to an activating group) is 1. The molecule has 27 heavy (non-hydrogen) atoms. The molecule has 1 unspecified atom stereocenters. The van der Waals surface area contributed by atoms with Crippen molar-refractivity contribution in [3.05, 3.63) is 72.8 Å². The summed E-state index contributed by atoms with van der Waals surface area (Å²) >= 11 is 0. The van der Waals surface area contributed by atoms with Crippen molar-refractivity contribution in [3.63, 3.8) is 0 Å². The standard InChI is InChI=1S/C23H26N2O2/c1-3-22(27-21-14-13-18-9-7-8-10-19(18)17-21)23(26)24-15-16-25(2)20-11-5-4-6-12-20/h4-14,17,22H,3,15-16H2,1-2H3,(H,24,26). The first-order valence-corrected chi connectivity index (χ1v) is 9.36. The topological polar surface area (TPSA) is 41.6 Å². The molecule has 3 aromatic rings. The Labute approximate surface area is 160 Å². The predicted octanol–water partition coefficient (Wildman–Crippen LogP) is 4.25. The Morgan fingerprint density at radius 3 is 2.44 bits per heavy atom. The maximum absolute atomic E-state index is 12.5. The van der Waals surface area contributed by atoms with E-state index in [2.05, 4.69) is 28.4 Å². The molecule has 0 heterocycles. The molecule has 0 radical (unpaired) electrons. The SMILES string of the molecule is CCC(Oc1ccc2ccccc2c1)C(=O)NCCN(C)c1ccccc1. The van der Waals surface area contributed by atoms with Gasteiger partial charge in [-0.1, -0.05) is 55.5 Å². The maximum atomic E-state index is 12.5. The number of carbonyl (C=O) groups excluding carboxylic acids is 1. The largest absolute Gasteiger partial charge is 0.481 e. The summed E-state index contributed by atoms with van der Waals surface area (Å²) in [6.45, 7) is 3.27. The highest BCUT2D eigenvalue weighted by molar-refractivity contribution is 5.84. The summed E-state index contributed by atoms with van der Waals surface area (Å²) in [5, 5.41) is 5.25. The van der Waals surface area contributed by atoms with Crippen molar-refractivity contribution >= 4 is 22.4 Å². The van der Waals surface area contributed by atoms with Gasteiger partial charge in [-0.2, -0.15) is 0 Å². The van der Waals surface area contributed by atoms with E-state index in [1.165, 1.54) is 0 Å². The third-order valence-electron chi connectivity index (χ3n) is 4.61. The number of anilines is 1. The molecule has 0 fully saturated rings. The molecule has 0 saturated heterocycles. The van der Waals surface area contributed by atoms with E-state index in [0.717, 1.165) is 28.8 Å². The highest BCUT2D eigenvalue weighted by Gasteiger charge is 2.18. The lowest BCUT2D eigenvalue weighted by molar-refractivity contribution is -0.128. The maximum Gasteiger partial charge on any atom is 0.261 e. The summed E-state index contributed by atoms with van der Waals surface area (Å²) in [6.07, 6.45) is 0.126. The van der Waals surface area contributed by atoms with Gasteiger partial charge < -0.3 is 15.0 Å². The van der Waals surface area contributed by atoms with Gasteiger partial charge in [0.1, 0.15) is 5.75 Å². The molecule has 4 nitrogen and oxygen atoms in total. The molecule has 140 valence electrons. The summed E-state index contributed by atoms with van der Waals surface area (Å²) in [6, 6.07) is 24.2. The van der Waals surface area contributed by atoms with Gasteiger partial charge in [-0.05, 0) is 41.5 Å². The highest BCUT2D eigenvalue weighted by Crippen LogP contribution is 2.22. The average Bonchev–Trinajstić information content (AvgIpc) is 2.72. The molecule has 0 saturated carbocycles. The number of carbonyl (C=O) groups is 1. The molecule has 3 aromatic carbocycles. The monoisotopic (exact) mass is 362 g/mol. The molecule has 3 rings (SSSR count). The average molecular weight is 362 g/mol. The molecular formula is C23H26N2O2. The molecule has 0 aliphatic heterocycles. The number of ether oxygens (including phenoxy) is 1. The van der Waals surface area contributed by atoms with Crippen LogP contribution < -0.4 is 15.0 Å². The molecule has 4 heteroatoms. The number of benzene rings is 3. The van der Waals surface area contributed by atoms with E-state index in [9.17, 15) is 4.79 Å². The van der Waals surface area contributed by atoms with Gasteiger partial charge in [-0.25, -0.2) is 0 Å².